The number of aromatic nitrogens is 1. The fraction of sp³-hybridized carbons (Fsp3) is 0.500. The molecule has 0 aliphatic heterocycles. The molecule has 12 heavy (non-hydrogen) atoms. The summed E-state index contributed by atoms with van der Waals surface area (Å²) in [5.74, 6) is 0.0116. The van der Waals surface area contributed by atoms with Crippen LogP contribution < -0.4 is 0 Å². The molecular formula is C10H16FN. The van der Waals surface area contributed by atoms with Crippen molar-refractivity contribution in [2.24, 2.45) is 0 Å². The van der Waals surface area contributed by atoms with E-state index in [0.717, 1.165) is 5.56 Å². The van der Waals surface area contributed by atoms with Gasteiger partial charge in [0.25, 0.3) is 0 Å². The van der Waals surface area contributed by atoms with E-state index in [1.807, 2.05) is 13.8 Å². The van der Waals surface area contributed by atoms with Gasteiger partial charge in [-0.25, -0.2) is 4.98 Å². The summed E-state index contributed by atoms with van der Waals surface area (Å²) < 4.78 is 12.2. The Hall–Kier alpha value is -0.920. The molecule has 1 aromatic rings. The molecule has 0 unspecified atom stereocenters. The second-order valence-corrected chi connectivity index (χ2v) is 2.57. The van der Waals surface area contributed by atoms with Crippen LogP contribution in [0.5, 0.6) is 0 Å². The Labute approximate surface area is 73.6 Å². The van der Waals surface area contributed by atoms with Crippen LogP contribution in [0.3, 0.4) is 0 Å². The normalized spacial score (nSPS) is 9.17. The minimum atomic E-state index is -0.413. The lowest BCUT2D eigenvalue weighted by Crippen LogP contribution is -1.89. The minimum Gasteiger partial charge on any atom is -0.228 e. The van der Waals surface area contributed by atoms with E-state index < -0.39 is 5.95 Å². The van der Waals surface area contributed by atoms with E-state index in [1.165, 1.54) is 6.07 Å². The smallest absolute Gasteiger partial charge is 0.212 e. The summed E-state index contributed by atoms with van der Waals surface area (Å²) in [6.45, 7) is 8.10. The number of hydrogen-bond donors (Lipinski definition) is 0. The van der Waals surface area contributed by atoms with Gasteiger partial charge in [-0.1, -0.05) is 33.8 Å². The molecule has 1 heterocycles. The van der Waals surface area contributed by atoms with E-state index in [-0.39, 0.29) is 0 Å². The molecule has 0 aliphatic carbocycles. The molecule has 0 fully saturated rings. The molecule has 1 rings (SSSR count). The molecule has 0 saturated heterocycles. The monoisotopic (exact) mass is 169 g/mol. The van der Waals surface area contributed by atoms with Crippen molar-refractivity contribution < 1.29 is 4.39 Å². The molecule has 0 bridgehead atoms. The first-order valence-electron chi connectivity index (χ1n) is 4.31. The highest BCUT2D eigenvalue weighted by molar-refractivity contribution is 5.12. The van der Waals surface area contributed by atoms with Gasteiger partial charge in [-0.2, -0.15) is 4.39 Å². The highest BCUT2D eigenvalue weighted by Crippen LogP contribution is 2.11. The number of hydrogen-bond acceptors (Lipinski definition) is 1. The first-order valence-corrected chi connectivity index (χ1v) is 4.31. The first-order chi connectivity index (χ1) is 5.70. The van der Waals surface area contributed by atoms with Gasteiger partial charge in [0.05, 0.1) is 0 Å². The maximum atomic E-state index is 12.2. The van der Waals surface area contributed by atoms with Gasteiger partial charge in [0.2, 0.25) is 5.95 Å². The van der Waals surface area contributed by atoms with Gasteiger partial charge in [0, 0.05) is 6.20 Å². The molecule has 0 saturated carbocycles. The molecular weight excluding hydrogens is 153 g/mol. The zero-order valence-electron chi connectivity index (χ0n) is 8.13. The fourth-order valence-electron chi connectivity index (χ4n) is 0.729. The molecule has 0 spiro atoms. The Morgan fingerprint density at radius 2 is 1.83 bits per heavy atom. The molecule has 0 N–H and O–H groups in total. The van der Waals surface area contributed by atoms with Crippen LogP contribution in [0.1, 0.15) is 39.2 Å². The van der Waals surface area contributed by atoms with Crippen molar-refractivity contribution in [1.29, 1.82) is 0 Å². The van der Waals surface area contributed by atoms with Gasteiger partial charge in [0.1, 0.15) is 0 Å². The highest BCUT2D eigenvalue weighted by atomic mass is 19.1. The average Bonchev–Trinajstić information content (AvgIpc) is 2.09. The molecule has 0 aromatic carbocycles. The van der Waals surface area contributed by atoms with E-state index >= 15 is 0 Å². The van der Waals surface area contributed by atoms with Gasteiger partial charge in [-0.05, 0) is 17.5 Å². The zero-order valence-corrected chi connectivity index (χ0v) is 8.13. The van der Waals surface area contributed by atoms with Crippen LogP contribution in [-0.4, -0.2) is 4.98 Å². The predicted octanol–water partition coefficient (Wildman–Crippen LogP) is 3.37. The average molecular weight is 169 g/mol. The van der Waals surface area contributed by atoms with E-state index in [2.05, 4.69) is 18.8 Å². The summed E-state index contributed by atoms with van der Waals surface area (Å²) in [5, 5.41) is 0. The van der Waals surface area contributed by atoms with Crippen molar-refractivity contribution in [1.82, 2.24) is 4.98 Å². The predicted molar refractivity (Wildman–Crippen MR) is 49.6 cm³/mol. The maximum absolute atomic E-state index is 12.2. The summed E-state index contributed by atoms with van der Waals surface area (Å²) in [6, 6.07) is 3.14. The van der Waals surface area contributed by atoms with Crippen LogP contribution in [0.15, 0.2) is 18.3 Å². The molecule has 68 valence electrons. The van der Waals surface area contributed by atoms with E-state index in [4.69, 9.17) is 0 Å². The summed E-state index contributed by atoms with van der Waals surface area (Å²) in [6.07, 6.45) is 1.57. The summed E-state index contributed by atoms with van der Waals surface area (Å²) in [4.78, 5) is 3.53. The molecule has 2 heteroatoms. The lowest BCUT2D eigenvalue weighted by Gasteiger charge is -2.01. The first kappa shape index (κ1) is 11.1. The van der Waals surface area contributed by atoms with Crippen LogP contribution in [0.4, 0.5) is 4.39 Å². The standard InChI is InChI=1S/C8H10FN.C2H6/c1-6(2)7-3-4-8(9)10-5-7;1-2/h3-6H,1-2H3;1-2H3. The summed E-state index contributed by atoms with van der Waals surface area (Å²) in [5.41, 5.74) is 1.07. The van der Waals surface area contributed by atoms with Crippen molar-refractivity contribution in [3.63, 3.8) is 0 Å². The van der Waals surface area contributed by atoms with Crippen molar-refractivity contribution in [3.05, 3.63) is 29.8 Å². The summed E-state index contributed by atoms with van der Waals surface area (Å²) >= 11 is 0. The van der Waals surface area contributed by atoms with Gasteiger partial charge < -0.3 is 0 Å². The van der Waals surface area contributed by atoms with E-state index in [0.29, 0.717) is 5.92 Å². The van der Waals surface area contributed by atoms with Gasteiger partial charge >= 0.3 is 0 Å². The van der Waals surface area contributed by atoms with Gasteiger partial charge in [0.15, 0.2) is 0 Å². The number of nitrogens with zero attached hydrogens (tertiary/aromatic N) is 1. The second-order valence-electron chi connectivity index (χ2n) is 2.57. The van der Waals surface area contributed by atoms with Crippen molar-refractivity contribution in [2.75, 3.05) is 0 Å². The fourth-order valence-corrected chi connectivity index (χ4v) is 0.729. The zero-order chi connectivity index (χ0) is 9.56. The number of halogens is 1. The molecule has 0 aliphatic rings. The summed E-state index contributed by atoms with van der Waals surface area (Å²) in [7, 11) is 0. The largest absolute Gasteiger partial charge is 0.228 e. The quantitative estimate of drug-likeness (QED) is 0.587. The van der Waals surface area contributed by atoms with Crippen molar-refractivity contribution >= 4 is 0 Å². The Morgan fingerprint density at radius 1 is 1.25 bits per heavy atom. The van der Waals surface area contributed by atoms with Crippen LogP contribution >= 0.6 is 0 Å². The van der Waals surface area contributed by atoms with Crippen LogP contribution in [0, 0.1) is 5.95 Å². The third-order valence-corrected chi connectivity index (χ3v) is 1.42. The second kappa shape index (κ2) is 5.70. The van der Waals surface area contributed by atoms with Gasteiger partial charge in [-0.15, -0.1) is 0 Å². The maximum Gasteiger partial charge on any atom is 0.212 e. The molecule has 0 radical (unpaired) electrons. The van der Waals surface area contributed by atoms with Crippen LogP contribution in [-0.2, 0) is 0 Å². The molecule has 1 nitrogen and oxygen atoms in total. The lowest BCUT2D eigenvalue weighted by molar-refractivity contribution is 0.581. The third kappa shape index (κ3) is 3.46. The Morgan fingerprint density at radius 3 is 2.17 bits per heavy atom. The lowest BCUT2D eigenvalue weighted by atomic mass is 10.1. The Balaban J connectivity index is 0.000000561. The van der Waals surface area contributed by atoms with Crippen LogP contribution in [0.25, 0.3) is 0 Å². The molecule has 0 amide bonds. The van der Waals surface area contributed by atoms with Crippen LogP contribution in [0.2, 0.25) is 0 Å². The molecule has 1 aromatic heterocycles. The Kier molecular flexibility index (Phi) is 5.26. The van der Waals surface area contributed by atoms with Crippen molar-refractivity contribution in [2.45, 2.75) is 33.6 Å². The molecule has 0 atom stereocenters. The van der Waals surface area contributed by atoms with Crippen molar-refractivity contribution in [3.8, 4) is 0 Å². The minimum absolute atomic E-state index is 0.413. The van der Waals surface area contributed by atoms with E-state index in [1.54, 1.807) is 12.3 Å². The highest BCUT2D eigenvalue weighted by Gasteiger charge is 1.97. The number of rotatable bonds is 1. The third-order valence-electron chi connectivity index (χ3n) is 1.42. The topological polar surface area (TPSA) is 12.9 Å². The van der Waals surface area contributed by atoms with Gasteiger partial charge in [-0.3, -0.25) is 0 Å². The SMILES string of the molecule is CC.CC(C)c1ccc(F)nc1. The van der Waals surface area contributed by atoms with E-state index in [9.17, 15) is 4.39 Å². The number of pyridine rings is 1. The Bertz CT molecular complexity index is 204.